The average Bonchev–Trinajstić information content (AvgIpc) is 2.76. The van der Waals surface area contributed by atoms with Gasteiger partial charge in [-0.2, -0.15) is 0 Å². The molecule has 2 atom stereocenters. The van der Waals surface area contributed by atoms with Gasteiger partial charge in [-0.05, 0) is 19.3 Å². The van der Waals surface area contributed by atoms with Gasteiger partial charge in [0.25, 0.3) is 5.91 Å². The van der Waals surface area contributed by atoms with Crippen LogP contribution in [0.2, 0.25) is 0 Å². The zero-order valence-corrected chi connectivity index (χ0v) is 12.4. The SMILES string of the molecule is CCCNc1nc(N)c(C(=O)NC(C)C(C)CO)s1. The van der Waals surface area contributed by atoms with Crippen molar-refractivity contribution in [3.8, 4) is 0 Å². The number of nitrogens with one attached hydrogen (secondary N) is 2. The molecule has 0 aliphatic rings. The van der Waals surface area contributed by atoms with E-state index in [2.05, 4.69) is 22.5 Å². The highest BCUT2D eigenvalue weighted by molar-refractivity contribution is 7.18. The second-order valence-corrected chi connectivity index (χ2v) is 5.58. The molecule has 1 rings (SSSR count). The highest BCUT2D eigenvalue weighted by Crippen LogP contribution is 2.25. The third-order valence-corrected chi connectivity index (χ3v) is 3.91. The Balaban J connectivity index is 2.68. The first-order valence-electron chi connectivity index (χ1n) is 6.41. The molecule has 108 valence electrons. The Morgan fingerprint density at radius 2 is 2.21 bits per heavy atom. The first kappa shape index (κ1) is 15.7. The maximum Gasteiger partial charge on any atom is 0.265 e. The Labute approximate surface area is 117 Å². The summed E-state index contributed by atoms with van der Waals surface area (Å²) < 4.78 is 0. The molecule has 7 heteroatoms. The number of anilines is 2. The van der Waals surface area contributed by atoms with Crippen LogP contribution in [0.3, 0.4) is 0 Å². The lowest BCUT2D eigenvalue weighted by molar-refractivity contribution is 0.0921. The molecule has 0 fully saturated rings. The summed E-state index contributed by atoms with van der Waals surface area (Å²) in [5, 5.41) is 15.6. The lowest BCUT2D eigenvalue weighted by Crippen LogP contribution is -2.38. The highest BCUT2D eigenvalue weighted by atomic mass is 32.1. The molecule has 0 spiro atoms. The third kappa shape index (κ3) is 4.36. The number of nitrogens with zero attached hydrogens (tertiary/aromatic N) is 1. The maximum atomic E-state index is 12.1. The van der Waals surface area contributed by atoms with Gasteiger partial charge in [0.1, 0.15) is 10.7 Å². The Hall–Kier alpha value is -1.34. The summed E-state index contributed by atoms with van der Waals surface area (Å²) in [6.45, 7) is 6.60. The van der Waals surface area contributed by atoms with Gasteiger partial charge in [-0.25, -0.2) is 4.98 Å². The van der Waals surface area contributed by atoms with Crippen molar-refractivity contribution < 1.29 is 9.90 Å². The molecule has 2 unspecified atom stereocenters. The summed E-state index contributed by atoms with van der Waals surface area (Å²) in [4.78, 5) is 16.6. The van der Waals surface area contributed by atoms with Crippen LogP contribution in [0.25, 0.3) is 0 Å². The molecule has 5 N–H and O–H groups in total. The fraction of sp³-hybridized carbons (Fsp3) is 0.667. The fourth-order valence-corrected chi connectivity index (χ4v) is 2.19. The van der Waals surface area contributed by atoms with Crippen molar-refractivity contribution in [3.05, 3.63) is 4.88 Å². The predicted octanol–water partition coefficient (Wildman–Crippen LogP) is 1.29. The van der Waals surface area contributed by atoms with Crippen molar-refractivity contribution in [2.75, 3.05) is 24.2 Å². The minimum Gasteiger partial charge on any atom is -0.396 e. The molecular formula is C12H22N4O2S. The van der Waals surface area contributed by atoms with Crippen LogP contribution >= 0.6 is 11.3 Å². The van der Waals surface area contributed by atoms with E-state index in [0.29, 0.717) is 10.0 Å². The molecular weight excluding hydrogens is 264 g/mol. The molecule has 19 heavy (non-hydrogen) atoms. The monoisotopic (exact) mass is 286 g/mol. The van der Waals surface area contributed by atoms with E-state index in [9.17, 15) is 4.79 Å². The molecule has 0 saturated carbocycles. The number of aromatic nitrogens is 1. The van der Waals surface area contributed by atoms with E-state index in [-0.39, 0.29) is 30.3 Å². The summed E-state index contributed by atoms with van der Waals surface area (Å²) in [5.41, 5.74) is 5.75. The van der Waals surface area contributed by atoms with Crippen molar-refractivity contribution in [1.82, 2.24) is 10.3 Å². The number of aliphatic hydroxyl groups excluding tert-OH is 1. The van der Waals surface area contributed by atoms with Gasteiger partial charge < -0.3 is 21.5 Å². The third-order valence-electron chi connectivity index (χ3n) is 2.89. The summed E-state index contributed by atoms with van der Waals surface area (Å²) in [5.74, 6) is -0.00640. The van der Waals surface area contributed by atoms with E-state index in [4.69, 9.17) is 10.8 Å². The molecule has 1 heterocycles. The fourth-order valence-electron chi connectivity index (χ4n) is 1.37. The first-order valence-corrected chi connectivity index (χ1v) is 7.23. The van der Waals surface area contributed by atoms with Crippen LogP contribution in [-0.2, 0) is 0 Å². The summed E-state index contributed by atoms with van der Waals surface area (Å²) in [6.07, 6.45) is 0.978. The van der Waals surface area contributed by atoms with Crippen LogP contribution < -0.4 is 16.4 Å². The number of hydrogen-bond donors (Lipinski definition) is 4. The van der Waals surface area contributed by atoms with Gasteiger partial charge in [0.2, 0.25) is 0 Å². The van der Waals surface area contributed by atoms with Gasteiger partial charge in [0.15, 0.2) is 5.13 Å². The van der Waals surface area contributed by atoms with E-state index in [1.807, 2.05) is 13.8 Å². The van der Waals surface area contributed by atoms with Gasteiger partial charge in [-0.15, -0.1) is 0 Å². The number of carbonyl (C=O) groups is 1. The summed E-state index contributed by atoms with van der Waals surface area (Å²) in [6, 6.07) is -0.119. The van der Waals surface area contributed by atoms with E-state index in [0.717, 1.165) is 13.0 Å². The number of rotatable bonds is 7. The van der Waals surface area contributed by atoms with Crippen molar-refractivity contribution in [1.29, 1.82) is 0 Å². The van der Waals surface area contributed by atoms with Gasteiger partial charge in [-0.1, -0.05) is 25.2 Å². The molecule has 1 aromatic heterocycles. The number of carbonyl (C=O) groups excluding carboxylic acids is 1. The van der Waals surface area contributed by atoms with Gasteiger partial charge in [-0.3, -0.25) is 4.79 Å². The highest BCUT2D eigenvalue weighted by Gasteiger charge is 2.20. The van der Waals surface area contributed by atoms with Crippen LogP contribution in [0, 0.1) is 5.92 Å². The van der Waals surface area contributed by atoms with E-state index in [1.165, 1.54) is 11.3 Å². The van der Waals surface area contributed by atoms with Crippen molar-refractivity contribution in [3.63, 3.8) is 0 Å². The van der Waals surface area contributed by atoms with Crippen molar-refractivity contribution in [2.45, 2.75) is 33.2 Å². The summed E-state index contributed by atoms with van der Waals surface area (Å²) in [7, 11) is 0. The topological polar surface area (TPSA) is 100 Å². The normalized spacial score (nSPS) is 13.9. The molecule has 6 nitrogen and oxygen atoms in total. The minimum atomic E-state index is -0.243. The summed E-state index contributed by atoms with van der Waals surface area (Å²) >= 11 is 1.25. The van der Waals surface area contributed by atoms with Crippen molar-refractivity contribution in [2.24, 2.45) is 5.92 Å². The van der Waals surface area contributed by atoms with Crippen LogP contribution in [0.1, 0.15) is 36.9 Å². The molecule has 0 saturated heterocycles. The molecule has 0 aliphatic heterocycles. The van der Waals surface area contributed by atoms with E-state index >= 15 is 0 Å². The number of hydrogen-bond acceptors (Lipinski definition) is 6. The van der Waals surface area contributed by atoms with Gasteiger partial charge in [0.05, 0.1) is 0 Å². The van der Waals surface area contributed by atoms with Crippen LogP contribution in [-0.4, -0.2) is 35.2 Å². The number of nitrogen functional groups attached to an aromatic ring is 1. The Morgan fingerprint density at radius 1 is 1.53 bits per heavy atom. The Kier molecular flexibility index (Phi) is 6.04. The molecule has 1 aromatic rings. The zero-order chi connectivity index (χ0) is 14.4. The lowest BCUT2D eigenvalue weighted by atomic mass is 10.1. The number of thiazole rings is 1. The van der Waals surface area contributed by atoms with Crippen LogP contribution in [0.15, 0.2) is 0 Å². The van der Waals surface area contributed by atoms with E-state index in [1.54, 1.807) is 0 Å². The molecule has 0 bridgehead atoms. The maximum absolute atomic E-state index is 12.1. The molecule has 0 aromatic carbocycles. The van der Waals surface area contributed by atoms with Crippen LogP contribution in [0.5, 0.6) is 0 Å². The number of amides is 1. The molecule has 1 amide bonds. The number of aliphatic hydroxyl groups is 1. The molecule has 0 radical (unpaired) electrons. The van der Waals surface area contributed by atoms with E-state index < -0.39 is 0 Å². The lowest BCUT2D eigenvalue weighted by Gasteiger charge is -2.18. The molecule has 0 aliphatic carbocycles. The zero-order valence-electron chi connectivity index (χ0n) is 11.6. The average molecular weight is 286 g/mol. The standard InChI is InChI=1S/C12H22N4O2S/c1-4-5-14-12-16-10(13)9(19-12)11(18)15-8(3)7(2)6-17/h7-8,17H,4-6,13H2,1-3H3,(H,14,16)(H,15,18). The predicted molar refractivity (Wildman–Crippen MR) is 78.5 cm³/mol. The number of nitrogens with two attached hydrogens (primary N) is 1. The minimum absolute atomic E-state index is 0.00390. The van der Waals surface area contributed by atoms with Gasteiger partial charge >= 0.3 is 0 Å². The second kappa shape index (κ2) is 7.30. The van der Waals surface area contributed by atoms with Crippen molar-refractivity contribution >= 4 is 28.2 Å². The Morgan fingerprint density at radius 3 is 2.79 bits per heavy atom. The Bertz CT molecular complexity index is 422. The second-order valence-electron chi connectivity index (χ2n) is 4.58. The van der Waals surface area contributed by atoms with Gasteiger partial charge in [0, 0.05) is 19.2 Å². The van der Waals surface area contributed by atoms with Crippen LogP contribution in [0.4, 0.5) is 10.9 Å². The smallest absolute Gasteiger partial charge is 0.265 e. The quantitative estimate of drug-likeness (QED) is 0.605. The largest absolute Gasteiger partial charge is 0.396 e. The first-order chi connectivity index (χ1) is 8.99.